The van der Waals surface area contributed by atoms with E-state index < -0.39 is 0 Å². The first kappa shape index (κ1) is 10.7. The zero-order chi connectivity index (χ0) is 10.8. The molecule has 0 amide bonds. The second-order valence-electron chi connectivity index (χ2n) is 4.13. The molecule has 1 fully saturated rings. The highest BCUT2D eigenvalue weighted by Crippen LogP contribution is 2.30. The van der Waals surface area contributed by atoms with Crippen LogP contribution in [0.4, 0.5) is 11.5 Å². The second-order valence-corrected chi connectivity index (χ2v) is 4.92. The third-order valence-electron chi connectivity index (χ3n) is 3.00. The molecule has 1 aliphatic carbocycles. The van der Waals surface area contributed by atoms with E-state index >= 15 is 0 Å². The van der Waals surface area contributed by atoms with Gasteiger partial charge in [0, 0.05) is 6.04 Å². The molecule has 1 aliphatic rings. The summed E-state index contributed by atoms with van der Waals surface area (Å²) in [6.07, 6.45) is 6.86. The van der Waals surface area contributed by atoms with Crippen molar-refractivity contribution < 1.29 is 0 Å². The Morgan fingerprint density at radius 2 is 2.13 bits per heavy atom. The minimum atomic E-state index is 0.580. The Labute approximate surface area is 98.6 Å². The molecule has 0 aromatic carbocycles. The van der Waals surface area contributed by atoms with Gasteiger partial charge in [-0.25, -0.2) is 4.98 Å². The van der Waals surface area contributed by atoms with Crippen molar-refractivity contribution in [1.29, 1.82) is 0 Å². The molecule has 0 spiro atoms. The van der Waals surface area contributed by atoms with Crippen LogP contribution in [0, 0.1) is 6.92 Å². The fraction of sp³-hybridized carbons (Fsp3) is 0.545. The van der Waals surface area contributed by atoms with Crippen molar-refractivity contribution in [2.24, 2.45) is 0 Å². The van der Waals surface area contributed by atoms with Crippen LogP contribution in [0.5, 0.6) is 0 Å². The van der Waals surface area contributed by atoms with Gasteiger partial charge in [-0.3, -0.25) is 0 Å². The molecule has 0 unspecified atom stereocenters. The SMILES string of the molecule is Cc1c(N)cnc(NC2CCCC2)c1Br. The number of hydrogen-bond acceptors (Lipinski definition) is 3. The largest absolute Gasteiger partial charge is 0.397 e. The monoisotopic (exact) mass is 269 g/mol. The molecule has 3 N–H and O–H groups in total. The molecule has 2 rings (SSSR count). The Kier molecular flexibility index (Phi) is 3.14. The fourth-order valence-electron chi connectivity index (χ4n) is 1.96. The van der Waals surface area contributed by atoms with Gasteiger partial charge in [-0.2, -0.15) is 0 Å². The van der Waals surface area contributed by atoms with E-state index in [1.165, 1.54) is 25.7 Å². The number of anilines is 2. The van der Waals surface area contributed by atoms with E-state index in [0.29, 0.717) is 6.04 Å². The van der Waals surface area contributed by atoms with Gasteiger partial charge in [-0.05, 0) is 41.3 Å². The Hall–Kier alpha value is -0.770. The van der Waals surface area contributed by atoms with Crippen LogP contribution in [0.25, 0.3) is 0 Å². The van der Waals surface area contributed by atoms with Crippen LogP contribution in [0.3, 0.4) is 0 Å². The molecule has 1 aromatic rings. The molecule has 15 heavy (non-hydrogen) atoms. The van der Waals surface area contributed by atoms with Crippen molar-refractivity contribution in [2.75, 3.05) is 11.1 Å². The molecule has 0 bridgehead atoms. The van der Waals surface area contributed by atoms with Gasteiger partial charge < -0.3 is 11.1 Å². The Balaban J connectivity index is 2.17. The number of hydrogen-bond donors (Lipinski definition) is 2. The molecule has 0 atom stereocenters. The summed E-state index contributed by atoms with van der Waals surface area (Å²) in [5.41, 5.74) is 7.57. The fourth-order valence-corrected chi connectivity index (χ4v) is 2.40. The molecule has 0 radical (unpaired) electrons. The van der Waals surface area contributed by atoms with Gasteiger partial charge in [-0.15, -0.1) is 0 Å². The Morgan fingerprint density at radius 3 is 2.80 bits per heavy atom. The number of aromatic nitrogens is 1. The number of nitrogens with one attached hydrogen (secondary N) is 1. The average molecular weight is 270 g/mol. The topological polar surface area (TPSA) is 50.9 Å². The van der Waals surface area contributed by atoms with Crippen LogP contribution < -0.4 is 11.1 Å². The maximum absolute atomic E-state index is 5.78. The summed E-state index contributed by atoms with van der Waals surface area (Å²) in [6, 6.07) is 0.580. The van der Waals surface area contributed by atoms with Crippen LogP contribution in [0.1, 0.15) is 31.2 Å². The lowest BCUT2D eigenvalue weighted by Crippen LogP contribution is -2.16. The summed E-state index contributed by atoms with van der Waals surface area (Å²) >= 11 is 3.53. The highest BCUT2D eigenvalue weighted by atomic mass is 79.9. The summed E-state index contributed by atoms with van der Waals surface area (Å²) in [4.78, 5) is 4.32. The lowest BCUT2D eigenvalue weighted by molar-refractivity contribution is 0.749. The van der Waals surface area contributed by atoms with Gasteiger partial charge >= 0.3 is 0 Å². The van der Waals surface area contributed by atoms with Crippen LogP contribution in [-0.4, -0.2) is 11.0 Å². The zero-order valence-corrected chi connectivity index (χ0v) is 10.5. The first-order valence-corrected chi connectivity index (χ1v) is 6.15. The van der Waals surface area contributed by atoms with E-state index in [2.05, 4.69) is 26.2 Å². The summed E-state index contributed by atoms with van der Waals surface area (Å²) in [5, 5.41) is 3.46. The maximum Gasteiger partial charge on any atom is 0.140 e. The zero-order valence-electron chi connectivity index (χ0n) is 8.89. The van der Waals surface area contributed by atoms with Crippen molar-refractivity contribution in [2.45, 2.75) is 38.6 Å². The van der Waals surface area contributed by atoms with E-state index in [-0.39, 0.29) is 0 Å². The summed E-state index contributed by atoms with van der Waals surface area (Å²) < 4.78 is 0.995. The summed E-state index contributed by atoms with van der Waals surface area (Å²) in [5.74, 6) is 0.925. The van der Waals surface area contributed by atoms with E-state index in [1.807, 2.05) is 6.92 Å². The van der Waals surface area contributed by atoms with Crippen LogP contribution in [0.2, 0.25) is 0 Å². The minimum Gasteiger partial charge on any atom is -0.397 e. The number of halogens is 1. The molecule has 0 aliphatic heterocycles. The van der Waals surface area contributed by atoms with Crippen LogP contribution in [0.15, 0.2) is 10.7 Å². The highest BCUT2D eigenvalue weighted by molar-refractivity contribution is 9.10. The van der Waals surface area contributed by atoms with E-state index in [9.17, 15) is 0 Å². The second kappa shape index (κ2) is 4.39. The van der Waals surface area contributed by atoms with E-state index in [0.717, 1.165) is 21.5 Å². The maximum atomic E-state index is 5.78. The van der Waals surface area contributed by atoms with E-state index in [1.54, 1.807) is 6.20 Å². The Bertz CT molecular complexity index is 359. The van der Waals surface area contributed by atoms with Crippen molar-refractivity contribution in [3.05, 3.63) is 16.2 Å². The van der Waals surface area contributed by atoms with Gasteiger partial charge in [0.2, 0.25) is 0 Å². The molecule has 1 heterocycles. The quantitative estimate of drug-likeness (QED) is 0.868. The van der Waals surface area contributed by atoms with Gasteiger partial charge in [0.05, 0.1) is 16.4 Å². The van der Waals surface area contributed by atoms with Gasteiger partial charge in [0.25, 0.3) is 0 Å². The average Bonchev–Trinajstić information content (AvgIpc) is 2.72. The molecule has 82 valence electrons. The number of nitrogens with zero attached hydrogens (tertiary/aromatic N) is 1. The normalized spacial score (nSPS) is 16.9. The lowest BCUT2D eigenvalue weighted by Gasteiger charge is -2.15. The molecular weight excluding hydrogens is 254 g/mol. The first-order valence-electron chi connectivity index (χ1n) is 5.35. The summed E-state index contributed by atoms with van der Waals surface area (Å²) in [7, 11) is 0. The molecule has 3 nitrogen and oxygen atoms in total. The Morgan fingerprint density at radius 1 is 1.47 bits per heavy atom. The van der Waals surface area contributed by atoms with Crippen molar-refractivity contribution in [3.63, 3.8) is 0 Å². The molecule has 0 saturated heterocycles. The molecule has 4 heteroatoms. The highest BCUT2D eigenvalue weighted by Gasteiger charge is 2.17. The number of rotatable bonds is 2. The lowest BCUT2D eigenvalue weighted by atomic mass is 10.2. The molecule has 1 saturated carbocycles. The predicted molar refractivity (Wildman–Crippen MR) is 67.0 cm³/mol. The third kappa shape index (κ3) is 2.25. The van der Waals surface area contributed by atoms with Crippen molar-refractivity contribution in [1.82, 2.24) is 4.98 Å². The van der Waals surface area contributed by atoms with Gasteiger partial charge in [0.1, 0.15) is 5.82 Å². The molecule has 1 aromatic heterocycles. The smallest absolute Gasteiger partial charge is 0.140 e. The predicted octanol–water partition coefficient (Wildman–Crippen LogP) is 3.09. The standard InChI is InChI=1S/C11H16BrN3/c1-7-9(13)6-14-11(10(7)12)15-8-4-2-3-5-8/h6,8H,2-5,13H2,1H3,(H,14,15). The van der Waals surface area contributed by atoms with Gasteiger partial charge in [0.15, 0.2) is 0 Å². The number of pyridine rings is 1. The van der Waals surface area contributed by atoms with Gasteiger partial charge in [-0.1, -0.05) is 12.8 Å². The summed E-state index contributed by atoms with van der Waals surface area (Å²) in [6.45, 7) is 2.00. The third-order valence-corrected chi connectivity index (χ3v) is 3.97. The van der Waals surface area contributed by atoms with Crippen LogP contribution >= 0.6 is 15.9 Å². The van der Waals surface area contributed by atoms with Crippen LogP contribution in [-0.2, 0) is 0 Å². The van der Waals surface area contributed by atoms with Crippen molar-refractivity contribution >= 4 is 27.4 Å². The minimum absolute atomic E-state index is 0.580. The van der Waals surface area contributed by atoms with E-state index in [4.69, 9.17) is 5.73 Å². The molecular formula is C11H16BrN3. The van der Waals surface area contributed by atoms with Crippen molar-refractivity contribution in [3.8, 4) is 0 Å². The number of nitrogen functional groups attached to an aromatic ring is 1. The number of nitrogens with two attached hydrogens (primary N) is 1. The first-order chi connectivity index (χ1) is 7.18.